The molecule has 134 valence electrons. The van der Waals surface area contributed by atoms with Crippen LogP contribution in [0.1, 0.15) is 59.8 Å². The maximum absolute atomic E-state index is 11.8. The van der Waals surface area contributed by atoms with Gasteiger partial charge in [0.1, 0.15) is 5.60 Å². The van der Waals surface area contributed by atoms with E-state index >= 15 is 0 Å². The zero-order chi connectivity index (χ0) is 17.3. The van der Waals surface area contributed by atoms with Gasteiger partial charge in [-0.2, -0.15) is 0 Å². The first-order chi connectivity index (χ1) is 10.5. The fourth-order valence-corrected chi connectivity index (χ4v) is 5.58. The maximum atomic E-state index is 11.8. The standard InChI is InChI=1S/C16H30N2O4S/c1-15(2,3)22-14(19)17-12-5-7-13(8-6-12)18-16(4)9-10-23(20,21)11-16/h12-13,18H,5-11H2,1-4H3,(H,17,19). The predicted molar refractivity (Wildman–Crippen MR) is 90.2 cm³/mol. The van der Waals surface area contributed by atoms with Crippen molar-refractivity contribution in [3.63, 3.8) is 0 Å². The first kappa shape index (κ1) is 18.5. The number of rotatable bonds is 3. The Morgan fingerprint density at radius 2 is 1.70 bits per heavy atom. The minimum absolute atomic E-state index is 0.142. The Kier molecular flexibility index (Phi) is 5.31. The van der Waals surface area contributed by atoms with Crippen LogP contribution in [-0.4, -0.2) is 49.2 Å². The molecule has 0 radical (unpaired) electrons. The first-order valence-electron chi connectivity index (χ1n) is 8.44. The van der Waals surface area contributed by atoms with Gasteiger partial charge in [-0.1, -0.05) is 0 Å². The zero-order valence-electron chi connectivity index (χ0n) is 14.6. The van der Waals surface area contributed by atoms with Gasteiger partial charge in [0.25, 0.3) is 0 Å². The van der Waals surface area contributed by atoms with Crippen LogP contribution in [-0.2, 0) is 14.6 Å². The monoisotopic (exact) mass is 346 g/mol. The van der Waals surface area contributed by atoms with Gasteiger partial charge in [-0.05, 0) is 59.8 Å². The number of nitrogens with one attached hydrogen (secondary N) is 2. The number of hydrogen-bond acceptors (Lipinski definition) is 5. The normalized spacial score (nSPS) is 34.1. The van der Waals surface area contributed by atoms with Crippen molar-refractivity contribution in [3.8, 4) is 0 Å². The second-order valence-electron chi connectivity index (χ2n) is 8.24. The second kappa shape index (κ2) is 6.59. The van der Waals surface area contributed by atoms with Gasteiger partial charge in [0.05, 0.1) is 11.5 Å². The van der Waals surface area contributed by atoms with Crippen LogP contribution < -0.4 is 10.6 Å². The Balaban J connectivity index is 1.75. The average molecular weight is 346 g/mol. The molecule has 7 heteroatoms. The van der Waals surface area contributed by atoms with E-state index in [0.29, 0.717) is 12.5 Å². The van der Waals surface area contributed by atoms with E-state index < -0.39 is 15.4 Å². The molecule has 1 saturated heterocycles. The fourth-order valence-electron chi connectivity index (χ4n) is 3.47. The van der Waals surface area contributed by atoms with E-state index in [1.807, 2.05) is 27.7 Å². The van der Waals surface area contributed by atoms with Crippen molar-refractivity contribution < 1.29 is 17.9 Å². The van der Waals surface area contributed by atoms with Crippen molar-refractivity contribution in [1.29, 1.82) is 0 Å². The molecular weight excluding hydrogens is 316 g/mol. The molecule has 1 unspecified atom stereocenters. The van der Waals surface area contributed by atoms with E-state index in [1.165, 1.54) is 0 Å². The molecule has 2 N–H and O–H groups in total. The zero-order valence-corrected chi connectivity index (χ0v) is 15.5. The third kappa shape index (κ3) is 5.95. The predicted octanol–water partition coefficient (Wildman–Crippen LogP) is 1.99. The molecule has 1 amide bonds. The van der Waals surface area contributed by atoms with Crippen molar-refractivity contribution in [2.75, 3.05) is 11.5 Å². The van der Waals surface area contributed by atoms with Gasteiger partial charge in [-0.25, -0.2) is 13.2 Å². The Morgan fingerprint density at radius 1 is 1.13 bits per heavy atom. The van der Waals surface area contributed by atoms with Crippen molar-refractivity contribution in [2.24, 2.45) is 0 Å². The summed E-state index contributed by atoms with van der Waals surface area (Å²) < 4.78 is 28.6. The van der Waals surface area contributed by atoms with E-state index in [0.717, 1.165) is 25.7 Å². The summed E-state index contributed by atoms with van der Waals surface area (Å²) in [7, 11) is -2.88. The summed E-state index contributed by atoms with van der Waals surface area (Å²) in [6, 6.07) is 0.466. The summed E-state index contributed by atoms with van der Waals surface area (Å²) in [4.78, 5) is 11.8. The lowest BCUT2D eigenvalue weighted by Crippen LogP contribution is -2.52. The van der Waals surface area contributed by atoms with Crippen molar-refractivity contribution in [2.45, 2.75) is 83.0 Å². The lowest BCUT2D eigenvalue weighted by atomic mass is 9.89. The molecule has 0 spiro atoms. The van der Waals surface area contributed by atoms with E-state index in [4.69, 9.17) is 4.74 Å². The van der Waals surface area contributed by atoms with E-state index in [1.54, 1.807) is 0 Å². The fraction of sp³-hybridized carbons (Fsp3) is 0.938. The molecule has 1 atom stereocenters. The Morgan fingerprint density at radius 3 is 2.17 bits per heavy atom. The lowest BCUT2D eigenvalue weighted by molar-refractivity contribution is 0.0488. The molecule has 2 rings (SSSR count). The molecular formula is C16H30N2O4S. The molecule has 0 bridgehead atoms. The van der Waals surface area contributed by atoms with Gasteiger partial charge in [0, 0.05) is 17.6 Å². The van der Waals surface area contributed by atoms with Gasteiger partial charge < -0.3 is 15.4 Å². The molecule has 6 nitrogen and oxygen atoms in total. The van der Waals surface area contributed by atoms with Gasteiger partial charge in [0.2, 0.25) is 0 Å². The lowest BCUT2D eigenvalue weighted by Gasteiger charge is -2.35. The van der Waals surface area contributed by atoms with Crippen LogP contribution in [0, 0.1) is 0 Å². The van der Waals surface area contributed by atoms with E-state index in [9.17, 15) is 13.2 Å². The quantitative estimate of drug-likeness (QED) is 0.816. The third-order valence-electron chi connectivity index (χ3n) is 4.50. The topological polar surface area (TPSA) is 84.5 Å². The number of ether oxygens (including phenoxy) is 1. The molecule has 0 aromatic carbocycles. The van der Waals surface area contributed by atoms with Crippen LogP contribution in [0.4, 0.5) is 4.79 Å². The highest BCUT2D eigenvalue weighted by molar-refractivity contribution is 7.91. The SMILES string of the molecule is CC1(NC2CCC(NC(=O)OC(C)(C)C)CC2)CCS(=O)(=O)C1. The van der Waals surface area contributed by atoms with Gasteiger partial charge in [0.15, 0.2) is 9.84 Å². The van der Waals surface area contributed by atoms with Gasteiger partial charge >= 0.3 is 6.09 Å². The number of hydrogen-bond donors (Lipinski definition) is 2. The average Bonchev–Trinajstić information content (AvgIpc) is 2.63. The summed E-state index contributed by atoms with van der Waals surface area (Å²) in [5.74, 6) is 0.516. The minimum atomic E-state index is -2.88. The molecule has 1 saturated carbocycles. The largest absolute Gasteiger partial charge is 0.444 e. The summed E-state index contributed by atoms with van der Waals surface area (Å²) in [6.07, 6.45) is 3.99. The third-order valence-corrected chi connectivity index (χ3v) is 6.41. The number of carbonyl (C=O) groups excluding carboxylic acids is 1. The van der Waals surface area contributed by atoms with Gasteiger partial charge in [-0.15, -0.1) is 0 Å². The van der Waals surface area contributed by atoms with Gasteiger partial charge in [-0.3, -0.25) is 0 Å². The molecule has 23 heavy (non-hydrogen) atoms. The summed E-state index contributed by atoms with van der Waals surface area (Å²) in [5.41, 5.74) is -0.777. The van der Waals surface area contributed by atoms with Crippen LogP contribution in [0.2, 0.25) is 0 Å². The van der Waals surface area contributed by atoms with Crippen LogP contribution in [0.5, 0.6) is 0 Å². The summed E-state index contributed by atoms with van der Waals surface area (Å²) in [6.45, 7) is 7.56. The van der Waals surface area contributed by atoms with E-state index in [2.05, 4.69) is 10.6 Å². The van der Waals surface area contributed by atoms with Crippen LogP contribution in [0.15, 0.2) is 0 Å². The summed E-state index contributed by atoms with van der Waals surface area (Å²) in [5, 5.41) is 6.47. The number of carbonyl (C=O) groups is 1. The molecule has 1 heterocycles. The Hall–Kier alpha value is -0.820. The maximum Gasteiger partial charge on any atom is 0.407 e. The smallest absolute Gasteiger partial charge is 0.407 e. The molecule has 2 aliphatic rings. The van der Waals surface area contributed by atoms with Crippen molar-refractivity contribution in [1.82, 2.24) is 10.6 Å². The molecule has 1 aliphatic carbocycles. The van der Waals surface area contributed by atoms with Crippen molar-refractivity contribution >= 4 is 15.9 Å². The number of amides is 1. The highest BCUT2D eigenvalue weighted by Crippen LogP contribution is 2.27. The first-order valence-corrected chi connectivity index (χ1v) is 10.3. The van der Waals surface area contributed by atoms with Crippen LogP contribution >= 0.6 is 0 Å². The highest BCUT2D eigenvalue weighted by atomic mass is 32.2. The second-order valence-corrected chi connectivity index (χ2v) is 10.4. The summed E-state index contributed by atoms with van der Waals surface area (Å²) >= 11 is 0. The number of sulfone groups is 1. The van der Waals surface area contributed by atoms with E-state index in [-0.39, 0.29) is 29.2 Å². The minimum Gasteiger partial charge on any atom is -0.444 e. The Labute approximate surface area is 139 Å². The molecule has 0 aromatic rings. The van der Waals surface area contributed by atoms with Crippen LogP contribution in [0.25, 0.3) is 0 Å². The highest BCUT2D eigenvalue weighted by Gasteiger charge is 2.40. The molecule has 0 aromatic heterocycles. The molecule has 2 fully saturated rings. The van der Waals surface area contributed by atoms with Crippen molar-refractivity contribution in [3.05, 3.63) is 0 Å². The molecule has 1 aliphatic heterocycles. The Bertz CT molecular complexity index is 533. The van der Waals surface area contributed by atoms with Crippen LogP contribution in [0.3, 0.4) is 0 Å². The number of alkyl carbamates (subject to hydrolysis) is 1.